The Morgan fingerprint density at radius 1 is 1.12 bits per heavy atom. The molecule has 2 aromatic carbocycles. The third-order valence-electron chi connectivity index (χ3n) is 3.36. The summed E-state index contributed by atoms with van der Waals surface area (Å²) in [5, 5.41) is 6.21. The number of halogens is 2. The zero-order valence-corrected chi connectivity index (χ0v) is 14.2. The number of guanidine groups is 1. The van der Waals surface area contributed by atoms with Crippen LogP contribution < -0.4 is 20.1 Å². The van der Waals surface area contributed by atoms with E-state index in [0.29, 0.717) is 19.0 Å². The first kappa shape index (κ1) is 18.5. The van der Waals surface area contributed by atoms with Gasteiger partial charge in [0, 0.05) is 19.7 Å². The Balaban J connectivity index is 1.74. The molecule has 7 heteroatoms. The molecule has 0 radical (unpaired) electrons. The van der Waals surface area contributed by atoms with Crippen molar-refractivity contribution >= 4 is 5.96 Å². The van der Waals surface area contributed by atoms with Crippen molar-refractivity contribution in [3.8, 4) is 11.5 Å². The van der Waals surface area contributed by atoms with Gasteiger partial charge in [-0.2, -0.15) is 0 Å². The number of nitrogens with zero attached hydrogens (tertiary/aromatic N) is 1. The van der Waals surface area contributed by atoms with Crippen LogP contribution in [0, 0.1) is 11.6 Å². The van der Waals surface area contributed by atoms with Gasteiger partial charge in [-0.15, -0.1) is 0 Å². The summed E-state index contributed by atoms with van der Waals surface area (Å²) in [7, 11) is 3.28. The zero-order chi connectivity index (χ0) is 18.1. The maximum atomic E-state index is 13.4. The minimum absolute atomic E-state index is 0.0162. The summed E-state index contributed by atoms with van der Waals surface area (Å²) in [6.07, 6.45) is 0. The lowest BCUT2D eigenvalue weighted by Gasteiger charge is -2.13. The molecule has 2 N–H and O–H groups in total. The van der Waals surface area contributed by atoms with Crippen LogP contribution in [0.5, 0.6) is 11.5 Å². The molecule has 0 aliphatic carbocycles. The standard InChI is InChI=1S/C18H21F2N3O2/c1-21-18(23-12-13-4-3-5-15(10-13)24-2)22-8-9-25-17-7-6-14(19)11-16(17)20/h3-7,10-11H,8-9,12H2,1-2H3,(H2,21,22,23). The summed E-state index contributed by atoms with van der Waals surface area (Å²) >= 11 is 0. The van der Waals surface area contributed by atoms with Crippen LogP contribution in [-0.4, -0.2) is 33.3 Å². The highest BCUT2D eigenvalue weighted by atomic mass is 19.1. The molecule has 2 aromatic rings. The van der Waals surface area contributed by atoms with Crippen LogP contribution in [0.4, 0.5) is 8.78 Å². The summed E-state index contributed by atoms with van der Waals surface area (Å²) in [5.74, 6) is 0.0381. The van der Waals surface area contributed by atoms with Crippen LogP contribution in [-0.2, 0) is 6.54 Å². The Morgan fingerprint density at radius 2 is 1.96 bits per heavy atom. The quantitative estimate of drug-likeness (QED) is 0.458. The molecule has 0 atom stereocenters. The van der Waals surface area contributed by atoms with Crippen LogP contribution in [0.15, 0.2) is 47.5 Å². The van der Waals surface area contributed by atoms with Gasteiger partial charge < -0.3 is 20.1 Å². The highest BCUT2D eigenvalue weighted by Crippen LogP contribution is 2.17. The molecule has 0 fully saturated rings. The third-order valence-corrected chi connectivity index (χ3v) is 3.36. The molecule has 25 heavy (non-hydrogen) atoms. The molecule has 0 aliphatic rings. The average molecular weight is 349 g/mol. The molecule has 0 aliphatic heterocycles. The van der Waals surface area contributed by atoms with E-state index in [-0.39, 0.29) is 12.4 Å². The van der Waals surface area contributed by atoms with Gasteiger partial charge in [-0.25, -0.2) is 8.78 Å². The minimum atomic E-state index is -0.722. The van der Waals surface area contributed by atoms with Crippen molar-refractivity contribution in [3.63, 3.8) is 0 Å². The van der Waals surface area contributed by atoms with E-state index in [0.717, 1.165) is 23.4 Å². The van der Waals surface area contributed by atoms with Crippen molar-refractivity contribution in [1.29, 1.82) is 0 Å². The molecule has 0 saturated carbocycles. The van der Waals surface area contributed by atoms with Gasteiger partial charge in [0.05, 0.1) is 13.7 Å². The van der Waals surface area contributed by atoms with Crippen LogP contribution in [0.25, 0.3) is 0 Å². The summed E-state index contributed by atoms with van der Waals surface area (Å²) in [6.45, 7) is 1.20. The Kier molecular flexibility index (Phi) is 7.00. The first-order chi connectivity index (χ1) is 12.1. The van der Waals surface area contributed by atoms with E-state index < -0.39 is 11.6 Å². The van der Waals surface area contributed by atoms with Crippen LogP contribution in [0.2, 0.25) is 0 Å². The van der Waals surface area contributed by atoms with Crippen LogP contribution in [0.3, 0.4) is 0 Å². The van der Waals surface area contributed by atoms with Gasteiger partial charge in [-0.3, -0.25) is 4.99 Å². The first-order valence-corrected chi connectivity index (χ1v) is 7.77. The fourth-order valence-electron chi connectivity index (χ4n) is 2.11. The molecule has 0 saturated heterocycles. The van der Waals surface area contributed by atoms with Gasteiger partial charge in [0.15, 0.2) is 17.5 Å². The predicted octanol–water partition coefficient (Wildman–Crippen LogP) is 2.72. The largest absolute Gasteiger partial charge is 0.497 e. The number of rotatable bonds is 7. The molecule has 0 amide bonds. The number of methoxy groups -OCH3 is 1. The van der Waals surface area contributed by atoms with E-state index in [4.69, 9.17) is 9.47 Å². The molecule has 134 valence electrons. The van der Waals surface area contributed by atoms with Gasteiger partial charge in [0.1, 0.15) is 18.2 Å². The van der Waals surface area contributed by atoms with Gasteiger partial charge in [0.2, 0.25) is 0 Å². The summed E-state index contributed by atoms with van der Waals surface area (Å²) in [5.41, 5.74) is 1.05. The first-order valence-electron chi connectivity index (χ1n) is 7.77. The number of ether oxygens (including phenoxy) is 2. The van der Waals surface area contributed by atoms with E-state index in [2.05, 4.69) is 15.6 Å². The molecule has 0 heterocycles. The number of hydrogen-bond acceptors (Lipinski definition) is 3. The van der Waals surface area contributed by atoms with Gasteiger partial charge in [-0.05, 0) is 29.8 Å². The highest BCUT2D eigenvalue weighted by Gasteiger charge is 2.05. The van der Waals surface area contributed by atoms with Gasteiger partial charge in [-0.1, -0.05) is 12.1 Å². The molecule has 0 aromatic heterocycles. The van der Waals surface area contributed by atoms with E-state index in [1.165, 1.54) is 6.07 Å². The average Bonchev–Trinajstić information content (AvgIpc) is 2.62. The Morgan fingerprint density at radius 3 is 2.68 bits per heavy atom. The Bertz CT molecular complexity index is 723. The fourth-order valence-corrected chi connectivity index (χ4v) is 2.11. The van der Waals surface area contributed by atoms with E-state index in [9.17, 15) is 8.78 Å². The van der Waals surface area contributed by atoms with Crippen molar-refractivity contribution < 1.29 is 18.3 Å². The van der Waals surface area contributed by atoms with Gasteiger partial charge >= 0.3 is 0 Å². The van der Waals surface area contributed by atoms with Crippen LogP contribution >= 0.6 is 0 Å². The number of nitrogens with one attached hydrogen (secondary N) is 2. The molecular weight excluding hydrogens is 328 g/mol. The third kappa shape index (κ3) is 5.95. The van der Waals surface area contributed by atoms with Crippen molar-refractivity contribution in [2.24, 2.45) is 4.99 Å². The van der Waals surface area contributed by atoms with Crippen molar-refractivity contribution in [2.45, 2.75) is 6.54 Å². The Labute approximate surface area is 145 Å². The lowest BCUT2D eigenvalue weighted by Crippen LogP contribution is -2.38. The molecule has 0 bridgehead atoms. The smallest absolute Gasteiger partial charge is 0.191 e. The topological polar surface area (TPSA) is 54.9 Å². The molecular formula is C18H21F2N3O2. The van der Waals surface area contributed by atoms with Crippen LogP contribution in [0.1, 0.15) is 5.56 Å². The van der Waals surface area contributed by atoms with E-state index >= 15 is 0 Å². The monoisotopic (exact) mass is 349 g/mol. The van der Waals surface area contributed by atoms with Crippen molar-refractivity contribution in [3.05, 3.63) is 59.7 Å². The number of benzene rings is 2. The van der Waals surface area contributed by atoms with Crippen molar-refractivity contribution in [2.75, 3.05) is 27.3 Å². The predicted molar refractivity (Wildman–Crippen MR) is 93.0 cm³/mol. The molecule has 5 nitrogen and oxygen atoms in total. The minimum Gasteiger partial charge on any atom is -0.497 e. The van der Waals surface area contributed by atoms with Gasteiger partial charge in [0.25, 0.3) is 0 Å². The lowest BCUT2D eigenvalue weighted by molar-refractivity contribution is 0.304. The lowest BCUT2D eigenvalue weighted by atomic mass is 10.2. The SMILES string of the molecule is CN=C(NCCOc1ccc(F)cc1F)NCc1cccc(OC)c1. The maximum absolute atomic E-state index is 13.4. The summed E-state index contributed by atoms with van der Waals surface area (Å²) in [6, 6.07) is 10.9. The van der Waals surface area contributed by atoms with E-state index in [1.807, 2.05) is 24.3 Å². The van der Waals surface area contributed by atoms with Crippen molar-refractivity contribution in [1.82, 2.24) is 10.6 Å². The highest BCUT2D eigenvalue weighted by molar-refractivity contribution is 5.79. The van der Waals surface area contributed by atoms with E-state index in [1.54, 1.807) is 14.2 Å². The number of hydrogen-bond donors (Lipinski definition) is 2. The second kappa shape index (κ2) is 9.46. The normalized spacial score (nSPS) is 11.1. The molecule has 2 rings (SSSR count). The second-order valence-electron chi connectivity index (χ2n) is 5.13. The second-order valence-corrected chi connectivity index (χ2v) is 5.13. The Hall–Kier alpha value is -2.83. The molecule has 0 unspecified atom stereocenters. The maximum Gasteiger partial charge on any atom is 0.191 e. The zero-order valence-electron chi connectivity index (χ0n) is 14.2. The summed E-state index contributed by atoms with van der Waals surface area (Å²) < 4.78 is 36.7. The molecule has 0 spiro atoms. The fraction of sp³-hybridized carbons (Fsp3) is 0.278. The number of aliphatic imine (C=N–C) groups is 1. The summed E-state index contributed by atoms with van der Waals surface area (Å²) in [4.78, 5) is 4.10.